The Bertz CT molecular complexity index is 595. The van der Waals surface area contributed by atoms with Crippen LogP contribution in [-0.4, -0.2) is 41.3 Å². The first-order valence-corrected chi connectivity index (χ1v) is 7.71. The molecule has 2 rings (SSSR count). The standard InChI is InChI=1S/C17H22O6/c1-10-4-3-5-13(22-2)9-15(20)17-11(7-16(21)23-10)6-12(18)8-14(17)19/h6,8,10,13,18-19H,3-5,7,9H2,1-2H3/t10-,13?/m0/s1. The van der Waals surface area contributed by atoms with E-state index in [-0.39, 0.29) is 53.5 Å². The molecule has 0 aromatic heterocycles. The van der Waals surface area contributed by atoms with E-state index in [0.29, 0.717) is 12.8 Å². The van der Waals surface area contributed by atoms with Gasteiger partial charge in [0.15, 0.2) is 5.78 Å². The molecule has 2 N–H and O–H groups in total. The summed E-state index contributed by atoms with van der Waals surface area (Å²) in [5, 5.41) is 19.7. The normalized spacial score (nSPS) is 23.4. The molecule has 2 atom stereocenters. The number of carbonyl (C=O) groups excluding carboxylic acids is 2. The number of fused-ring (bicyclic) bond motifs is 1. The maximum absolute atomic E-state index is 12.5. The first-order valence-electron chi connectivity index (χ1n) is 7.71. The van der Waals surface area contributed by atoms with E-state index in [1.165, 1.54) is 6.07 Å². The lowest BCUT2D eigenvalue weighted by molar-refractivity contribution is -0.147. The Morgan fingerprint density at radius 3 is 2.65 bits per heavy atom. The lowest BCUT2D eigenvalue weighted by atomic mass is 9.94. The zero-order valence-corrected chi connectivity index (χ0v) is 13.4. The number of aromatic hydroxyl groups is 2. The van der Waals surface area contributed by atoms with Crippen molar-refractivity contribution < 1.29 is 29.3 Å². The summed E-state index contributed by atoms with van der Waals surface area (Å²) < 4.78 is 10.7. The van der Waals surface area contributed by atoms with Crippen molar-refractivity contribution in [3.63, 3.8) is 0 Å². The minimum Gasteiger partial charge on any atom is -0.508 e. The van der Waals surface area contributed by atoms with Gasteiger partial charge in [0.25, 0.3) is 0 Å². The summed E-state index contributed by atoms with van der Waals surface area (Å²) in [4.78, 5) is 24.5. The van der Waals surface area contributed by atoms with Gasteiger partial charge in [0, 0.05) is 19.6 Å². The van der Waals surface area contributed by atoms with E-state index in [9.17, 15) is 19.8 Å². The number of carbonyl (C=O) groups is 2. The average Bonchev–Trinajstić information content (AvgIpc) is 2.43. The van der Waals surface area contributed by atoms with Crippen LogP contribution in [0.1, 0.15) is 48.5 Å². The average molecular weight is 322 g/mol. The van der Waals surface area contributed by atoms with Crippen molar-refractivity contribution in [2.75, 3.05) is 7.11 Å². The molecular formula is C17H22O6. The maximum atomic E-state index is 12.5. The number of hydrogen-bond donors (Lipinski definition) is 2. The van der Waals surface area contributed by atoms with Crippen LogP contribution in [0.25, 0.3) is 0 Å². The smallest absolute Gasteiger partial charge is 0.310 e. The number of hydrogen-bond acceptors (Lipinski definition) is 6. The van der Waals surface area contributed by atoms with Gasteiger partial charge in [-0.1, -0.05) is 0 Å². The molecule has 126 valence electrons. The van der Waals surface area contributed by atoms with E-state index in [0.717, 1.165) is 12.5 Å². The van der Waals surface area contributed by atoms with Crippen LogP contribution in [0.4, 0.5) is 0 Å². The predicted molar refractivity (Wildman–Crippen MR) is 82.6 cm³/mol. The lowest BCUT2D eigenvalue weighted by Gasteiger charge is -2.20. The van der Waals surface area contributed by atoms with Crippen molar-refractivity contribution in [1.82, 2.24) is 0 Å². The summed E-state index contributed by atoms with van der Waals surface area (Å²) in [7, 11) is 1.55. The molecule has 6 nitrogen and oxygen atoms in total. The summed E-state index contributed by atoms with van der Waals surface area (Å²) in [6.07, 6.45) is 1.58. The molecule has 6 heteroatoms. The van der Waals surface area contributed by atoms with Crippen LogP contribution in [0.3, 0.4) is 0 Å². The van der Waals surface area contributed by atoms with Crippen LogP contribution in [0.2, 0.25) is 0 Å². The van der Waals surface area contributed by atoms with E-state index in [1.807, 2.05) is 6.92 Å². The summed E-state index contributed by atoms with van der Waals surface area (Å²) in [5.74, 6) is -1.34. The Morgan fingerprint density at radius 1 is 1.22 bits per heavy atom. The number of cyclic esters (lactones) is 1. The molecule has 1 aliphatic rings. The number of Topliss-reactive ketones (excluding diaryl/α,β-unsaturated/α-hetero) is 1. The van der Waals surface area contributed by atoms with Crippen molar-refractivity contribution in [2.24, 2.45) is 0 Å². The zero-order valence-electron chi connectivity index (χ0n) is 13.4. The van der Waals surface area contributed by atoms with E-state index in [1.54, 1.807) is 7.11 Å². The predicted octanol–water partition coefficient (Wildman–Crippen LogP) is 2.34. The summed E-state index contributed by atoms with van der Waals surface area (Å²) in [5.41, 5.74) is 0.315. The van der Waals surface area contributed by atoms with Crippen molar-refractivity contribution in [2.45, 2.75) is 51.2 Å². The quantitative estimate of drug-likeness (QED) is 0.771. The number of phenols is 2. The monoisotopic (exact) mass is 322 g/mol. The molecule has 23 heavy (non-hydrogen) atoms. The molecule has 0 fully saturated rings. The van der Waals surface area contributed by atoms with Gasteiger partial charge in [-0.05, 0) is 37.8 Å². The van der Waals surface area contributed by atoms with Crippen LogP contribution in [0.15, 0.2) is 12.1 Å². The number of methoxy groups -OCH3 is 1. The van der Waals surface area contributed by atoms with Gasteiger partial charge in [0.05, 0.1) is 24.2 Å². The van der Waals surface area contributed by atoms with Gasteiger partial charge in [0.2, 0.25) is 0 Å². The third kappa shape index (κ3) is 4.45. The second-order valence-electron chi connectivity index (χ2n) is 5.89. The van der Waals surface area contributed by atoms with E-state index in [2.05, 4.69) is 0 Å². The van der Waals surface area contributed by atoms with Gasteiger partial charge in [-0.2, -0.15) is 0 Å². The molecule has 1 aromatic rings. The number of ether oxygens (including phenoxy) is 2. The SMILES string of the molecule is COC1CCC[C@H](C)OC(=O)Cc2cc(O)cc(O)c2C(=O)C1. The van der Waals surface area contributed by atoms with Gasteiger partial charge in [-0.15, -0.1) is 0 Å². The molecule has 0 saturated heterocycles. The molecule has 0 aliphatic carbocycles. The number of ketones is 1. The number of rotatable bonds is 1. The van der Waals surface area contributed by atoms with Crippen molar-refractivity contribution in [3.05, 3.63) is 23.3 Å². The second kappa shape index (κ2) is 7.46. The Hall–Kier alpha value is -2.08. The van der Waals surface area contributed by atoms with Crippen LogP contribution in [0.5, 0.6) is 11.5 Å². The maximum Gasteiger partial charge on any atom is 0.310 e. The summed E-state index contributed by atoms with van der Waals surface area (Å²) >= 11 is 0. The highest BCUT2D eigenvalue weighted by Gasteiger charge is 2.24. The third-order valence-electron chi connectivity index (χ3n) is 4.01. The zero-order chi connectivity index (χ0) is 17.0. The van der Waals surface area contributed by atoms with Gasteiger partial charge in [-0.25, -0.2) is 0 Å². The van der Waals surface area contributed by atoms with Crippen molar-refractivity contribution >= 4 is 11.8 Å². The Labute approximate surface area is 135 Å². The fourth-order valence-electron chi connectivity index (χ4n) is 2.86. The number of phenolic OH excluding ortho intramolecular Hbond substituents is 2. The van der Waals surface area contributed by atoms with E-state index < -0.39 is 5.97 Å². The molecule has 0 bridgehead atoms. The Kier molecular flexibility index (Phi) is 5.60. The van der Waals surface area contributed by atoms with E-state index >= 15 is 0 Å². The molecule has 0 amide bonds. The fraction of sp³-hybridized carbons (Fsp3) is 0.529. The fourth-order valence-corrected chi connectivity index (χ4v) is 2.86. The minimum atomic E-state index is -0.486. The van der Waals surface area contributed by atoms with Crippen LogP contribution < -0.4 is 0 Å². The van der Waals surface area contributed by atoms with Crippen molar-refractivity contribution in [3.8, 4) is 11.5 Å². The van der Waals surface area contributed by atoms with Gasteiger partial charge in [-0.3, -0.25) is 9.59 Å². The molecule has 0 spiro atoms. The van der Waals surface area contributed by atoms with E-state index in [4.69, 9.17) is 9.47 Å². The third-order valence-corrected chi connectivity index (χ3v) is 4.01. The van der Waals surface area contributed by atoms with Gasteiger partial charge in [0.1, 0.15) is 11.5 Å². The first kappa shape index (κ1) is 17.3. The van der Waals surface area contributed by atoms with Gasteiger partial charge < -0.3 is 19.7 Å². The summed E-state index contributed by atoms with van der Waals surface area (Å²) in [6, 6.07) is 2.41. The molecule has 1 aromatic carbocycles. The lowest BCUT2D eigenvalue weighted by Crippen LogP contribution is -2.22. The highest BCUT2D eigenvalue weighted by molar-refractivity contribution is 6.01. The Balaban J connectivity index is 2.40. The van der Waals surface area contributed by atoms with Crippen molar-refractivity contribution in [1.29, 1.82) is 0 Å². The highest BCUT2D eigenvalue weighted by atomic mass is 16.5. The molecular weight excluding hydrogens is 300 g/mol. The molecule has 0 radical (unpaired) electrons. The minimum absolute atomic E-state index is 0.0510. The second-order valence-corrected chi connectivity index (χ2v) is 5.89. The largest absolute Gasteiger partial charge is 0.508 e. The summed E-state index contributed by atoms with van der Waals surface area (Å²) in [6.45, 7) is 1.82. The van der Waals surface area contributed by atoms with Crippen LogP contribution in [-0.2, 0) is 20.7 Å². The topological polar surface area (TPSA) is 93.1 Å². The molecule has 1 aliphatic heterocycles. The number of esters is 1. The van der Waals surface area contributed by atoms with Crippen LogP contribution >= 0.6 is 0 Å². The molecule has 1 unspecified atom stereocenters. The molecule has 1 heterocycles. The molecule has 0 saturated carbocycles. The Morgan fingerprint density at radius 2 is 1.96 bits per heavy atom. The number of benzene rings is 1. The van der Waals surface area contributed by atoms with Gasteiger partial charge >= 0.3 is 5.97 Å². The van der Waals surface area contributed by atoms with Crippen LogP contribution in [0, 0.1) is 0 Å². The first-order chi connectivity index (χ1) is 10.9. The highest BCUT2D eigenvalue weighted by Crippen LogP contribution is 2.30.